The Balaban J connectivity index is 2.26. The molecule has 1 aromatic heterocycles. The van der Waals surface area contributed by atoms with Crippen LogP contribution in [0, 0.1) is 0 Å². The Labute approximate surface area is 136 Å². The predicted octanol–water partition coefficient (Wildman–Crippen LogP) is 5.01. The number of nitrogens with zero attached hydrogens (tertiary/aromatic N) is 1. The molecule has 2 rings (SSSR count). The molecule has 1 aromatic carbocycles. The molecule has 0 aliphatic carbocycles. The molecule has 5 heteroatoms. The molecule has 2 N–H and O–H groups in total. The highest BCUT2D eigenvalue weighted by atomic mass is 35.5. The molecule has 22 heavy (non-hydrogen) atoms. The summed E-state index contributed by atoms with van der Waals surface area (Å²) >= 11 is 5.77. The molecular weight excluding hydrogens is 300 g/mol. The minimum Gasteiger partial charge on any atom is -0.465 e. The first-order valence-corrected chi connectivity index (χ1v) is 8.37. The average molecular weight is 323 g/mol. The lowest BCUT2D eigenvalue weighted by atomic mass is 10.1. The minimum atomic E-state index is -0.895. The Bertz CT molecular complexity index is 624. The van der Waals surface area contributed by atoms with Crippen molar-refractivity contribution in [3.8, 4) is 0 Å². The van der Waals surface area contributed by atoms with Crippen molar-refractivity contribution in [2.24, 2.45) is 0 Å². The smallest absolute Gasteiger partial charge is 0.411 e. The number of benzene rings is 1. The minimum absolute atomic E-state index is 0.538. The molecule has 0 fully saturated rings. The van der Waals surface area contributed by atoms with Crippen LogP contribution < -0.4 is 4.90 Å². The lowest BCUT2D eigenvalue weighted by Gasteiger charge is -2.19. The number of anilines is 1. The number of aromatic nitrogens is 1. The van der Waals surface area contributed by atoms with Crippen LogP contribution in [0.25, 0.3) is 10.9 Å². The summed E-state index contributed by atoms with van der Waals surface area (Å²) in [6.07, 6.45) is 5.90. The number of carbonyl (C=O) groups is 1. The molecule has 0 saturated heterocycles. The Morgan fingerprint density at radius 3 is 2.82 bits per heavy atom. The van der Waals surface area contributed by atoms with E-state index in [0.29, 0.717) is 12.4 Å². The summed E-state index contributed by atoms with van der Waals surface area (Å²) in [5.74, 6) is 0.630. The Morgan fingerprint density at radius 2 is 2.14 bits per heavy atom. The van der Waals surface area contributed by atoms with Gasteiger partial charge in [-0.2, -0.15) is 0 Å². The maximum Gasteiger partial charge on any atom is 0.411 e. The number of aromatic amines is 1. The van der Waals surface area contributed by atoms with Gasteiger partial charge in [-0.05, 0) is 43.0 Å². The first-order valence-electron chi connectivity index (χ1n) is 7.83. The van der Waals surface area contributed by atoms with Gasteiger partial charge in [0.1, 0.15) is 0 Å². The van der Waals surface area contributed by atoms with Crippen molar-refractivity contribution in [1.29, 1.82) is 0 Å². The molecule has 0 spiro atoms. The van der Waals surface area contributed by atoms with Gasteiger partial charge in [0, 0.05) is 35.2 Å². The second-order valence-electron chi connectivity index (χ2n) is 5.48. The van der Waals surface area contributed by atoms with Gasteiger partial charge < -0.3 is 10.1 Å². The van der Waals surface area contributed by atoms with Crippen molar-refractivity contribution in [3.05, 3.63) is 30.0 Å². The van der Waals surface area contributed by atoms with E-state index in [9.17, 15) is 9.90 Å². The number of unbranched alkanes of at least 4 members (excludes halogenated alkanes) is 2. The van der Waals surface area contributed by atoms with Crippen molar-refractivity contribution in [1.82, 2.24) is 4.98 Å². The third kappa shape index (κ3) is 3.95. The van der Waals surface area contributed by atoms with Crippen LogP contribution in [0.4, 0.5) is 10.5 Å². The number of amides is 1. The van der Waals surface area contributed by atoms with Gasteiger partial charge >= 0.3 is 6.09 Å². The number of H-pyrrole nitrogens is 1. The molecule has 4 nitrogen and oxygen atoms in total. The van der Waals surface area contributed by atoms with Gasteiger partial charge in [-0.3, -0.25) is 4.90 Å². The second kappa shape index (κ2) is 8.08. The van der Waals surface area contributed by atoms with Gasteiger partial charge in [-0.1, -0.05) is 19.8 Å². The van der Waals surface area contributed by atoms with E-state index in [1.165, 1.54) is 10.5 Å². The fourth-order valence-electron chi connectivity index (χ4n) is 2.65. The van der Waals surface area contributed by atoms with Gasteiger partial charge in [0.2, 0.25) is 0 Å². The number of carboxylic acid groups (broad SMARTS) is 1. The largest absolute Gasteiger partial charge is 0.465 e. The van der Waals surface area contributed by atoms with Crippen molar-refractivity contribution in [2.45, 2.75) is 39.0 Å². The SMILES string of the molecule is CCCCCN(C(=O)O)c1ccc2[nH]cc(CCCCl)c2c1. The van der Waals surface area contributed by atoms with Crippen LogP contribution in [0.2, 0.25) is 0 Å². The number of rotatable bonds is 8. The van der Waals surface area contributed by atoms with Crippen LogP contribution in [-0.4, -0.2) is 28.6 Å². The van der Waals surface area contributed by atoms with E-state index in [1.54, 1.807) is 0 Å². The number of halogens is 1. The van der Waals surface area contributed by atoms with Crippen LogP contribution in [0.3, 0.4) is 0 Å². The lowest BCUT2D eigenvalue weighted by Crippen LogP contribution is -2.30. The summed E-state index contributed by atoms with van der Waals surface area (Å²) in [5, 5.41) is 10.5. The third-order valence-electron chi connectivity index (χ3n) is 3.86. The number of fused-ring (bicyclic) bond motifs is 1. The van der Waals surface area contributed by atoms with Crippen LogP contribution in [0.5, 0.6) is 0 Å². The molecule has 2 aromatic rings. The summed E-state index contributed by atoms with van der Waals surface area (Å²) in [4.78, 5) is 16.2. The van der Waals surface area contributed by atoms with Crippen LogP contribution >= 0.6 is 11.6 Å². The van der Waals surface area contributed by atoms with Crippen molar-refractivity contribution >= 4 is 34.3 Å². The molecule has 0 saturated carbocycles. The molecule has 0 aliphatic rings. The summed E-state index contributed by atoms with van der Waals surface area (Å²) in [5.41, 5.74) is 2.96. The standard InChI is InChI=1S/C17H23ClN2O2/c1-2-3-4-10-20(17(21)22)14-7-8-16-15(11-14)13(12-19-16)6-5-9-18/h7-8,11-12,19H,2-6,9-10H2,1H3,(H,21,22). The van der Waals surface area contributed by atoms with Crippen LogP contribution in [0.15, 0.2) is 24.4 Å². The van der Waals surface area contributed by atoms with Gasteiger partial charge in [0.15, 0.2) is 0 Å². The molecule has 1 heterocycles. The van der Waals surface area contributed by atoms with Crippen LogP contribution in [-0.2, 0) is 6.42 Å². The highest BCUT2D eigenvalue weighted by Crippen LogP contribution is 2.26. The molecular formula is C17H23ClN2O2. The van der Waals surface area contributed by atoms with Crippen LogP contribution in [0.1, 0.15) is 38.2 Å². The number of alkyl halides is 1. The molecule has 0 aliphatic heterocycles. The van der Waals surface area contributed by atoms with Crippen molar-refractivity contribution in [2.75, 3.05) is 17.3 Å². The number of hydrogen-bond acceptors (Lipinski definition) is 1. The van der Waals surface area contributed by atoms with E-state index in [2.05, 4.69) is 11.9 Å². The quantitative estimate of drug-likeness (QED) is 0.530. The fourth-order valence-corrected chi connectivity index (χ4v) is 2.79. The predicted molar refractivity (Wildman–Crippen MR) is 92.2 cm³/mol. The van der Waals surface area contributed by atoms with Gasteiger partial charge in [0.25, 0.3) is 0 Å². The Hall–Kier alpha value is -1.68. The van der Waals surface area contributed by atoms with E-state index >= 15 is 0 Å². The summed E-state index contributed by atoms with van der Waals surface area (Å²) in [6, 6.07) is 5.78. The van der Waals surface area contributed by atoms with Crippen molar-refractivity contribution in [3.63, 3.8) is 0 Å². The topological polar surface area (TPSA) is 56.3 Å². The zero-order valence-corrected chi connectivity index (χ0v) is 13.7. The number of nitrogens with one attached hydrogen (secondary N) is 1. The zero-order chi connectivity index (χ0) is 15.9. The Kier molecular flexibility index (Phi) is 6.13. The monoisotopic (exact) mass is 322 g/mol. The second-order valence-corrected chi connectivity index (χ2v) is 5.86. The summed E-state index contributed by atoms with van der Waals surface area (Å²) < 4.78 is 0. The molecule has 0 atom stereocenters. The van der Waals surface area contributed by atoms with Gasteiger partial charge in [0.05, 0.1) is 0 Å². The molecule has 120 valence electrons. The summed E-state index contributed by atoms with van der Waals surface area (Å²) in [6.45, 7) is 2.65. The zero-order valence-electron chi connectivity index (χ0n) is 12.9. The summed E-state index contributed by atoms with van der Waals surface area (Å²) in [7, 11) is 0. The maximum absolute atomic E-state index is 11.5. The van der Waals surface area contributed by atoms with Gasteiger partial charge in [-0.15, -0.1) is 11.6 Å². The number of hydrogen-bond donors (Lipinski definition) is 2. The van der Waals surface area contributed by atoms with Gasteiger partial charge in [-0.25, -0.2) is 4.79 Å². The first kappa shape index (κ1) is 16.7. The number of aryl methyl sites for hydroxylation is 1. The normalized spacial score (nSPS) is 11.0. The third-order valence-corrected chi connectivity index (χ3v) is 4.13. The highest BCUT2D eigenvalue weighted by molar-refractivity contribution is 6.17. The Morgan fingerprint density at radius 1 is 1.32 bits per heavy atom. The maximum atomic E-state index is 11.5. The van der Waals surface area contributed by atoms with E-state index in [4.69, 9.17) is 11.6 Å². The fraction of sp³-hybridized carbons (Fsp3) is 0.471. The lowest BCUT2D eigenvalue weighted by molar-refractivity contribution is 0.201. The van der Waals surface area contributed by atoms with E-state index in [-0.39, 0.29) is 0 Å². The van der Waals surface area contributed by atoms with Crippen molar-refractivity contribution < 1.29 is 9.90 Å². The van der Waals surface area contributed by atoms with E-state index in [0.717, 1.165) is 48.7 Å². The molecule has 0 unspecified atom stereocenters. The first-order chi connectivity index (χ1) is 10.7. The average Bonchev–Trinajstić information content (AvgIpc) is 2.91. The molecule has 0 radical (unpaired) electrons. The molecule has 0 bridgehead atoms. The highest BCUT2D eigenvalue weighted by Gasteiger charge is 2.15. The molecule has 1 amide bonds. The van der Waals surface area contributed by atoms with E-state index in [1.807, 2.05) is 24.4 Å². The van der Waals surface area contributed by atoms with E-state index < -0.39 is 6.09 Å².